The van der Waals surface area contributed by atoms with Gasteiger partial charge in [-0.1, -0.05) is 36.4 Å². The Morgan fingerprint density at radius 1 is 1.15 bits per heavy atom. The van der Waals surface area contributed by atoms with E-state index >= 15 is 0 Å². The minimum absolute atomic E-state index is 0.109. The average Bonchev–Trinajstić information content (AvgIpc) is 3.11. The summed E-state index contributed by atoms with van der Waals surface area (Å²) in [7, 11) is 0. The third kappa shape index (κ3) is 3.34. The van der Waals surface area contributed by atoms with Crippen molar-refractivity contribution in [2.45, 2.75) is 24.9 Å². The summed E-state index contributed by atoms with van der Waals surface area (Å²) in [4.78, 5) is 20.3. The van der Waals surface area contributed by atoms with Gasteiger partial charge < -0.3 is 20.8 Å². The normalized spacial score (nSPS) is 16.5. The standard InChI is InChI=1S/C20H22N4O2/c21-20(9-11-26-12-10-20)19(25)22-13-14-5-7-15(8-6-14)18-23-16-3-1-2-4-17(16)24-18/h1-8H,9-13,21H2,(H,22,25)(H,23,24). The Hall–Kier alpha value is -2.70. The molecule has 0 bridgehead atoms. The zero-order chi connectivity index (χ0) is 18.0. The zero-order valence-electron chi connectivity index (χ0n) is 14.5. The second-order valence-corrected chi connectivity index (χ2v) is 6.75. The van der Waals surface area contributed by atoms with Crippen LogP contribution in [0.4, 0.5) is 0 Å². The molecule has 6 heteroatoms. The van der Waals surface area contributed by atoms with Gasteiger partial charge in [0.05, 0.1) is 16.6 Å². The number of ether oxygens (including phenoxy) is 1. The largest absolute Gasteiger partial charge is 0.381 e. The summed E-state index contributed by atoms with van der Waals surface area (Å²) in [6, 6.07) is 16.0. The Balaban J connectivity index is 1.42. The van der Waals surface area contributed by atoms with E-state index in [1.54, 1.807) is 0 Å². The van der Waals surface area contributed by atoms with Gasteiger partial charge in [-0.25, -0.2) is 4.98 Å². The lowest BCUT2D eigenvalue weighted by atomic mass is 9.90. The third-order valence-corrected chi connectivity index (χ3v) is 4.91. The van der Waals surface area contributed by atoms with Crippen LogP contribution in [0.5, 0.6) is 0 Å². The molecule has 1 amide bonds. The van der Waals surface area contributed by atoms with Crippen LogP contribution in [0.15, 0.2) is 48.5 Å². The van der Waals surface area contributed by atoms with E-state index in [1.807, 2.05) is 48.5 Å². The van der Waals surface area contributed by atoms with Crippen molar-refractivity contribution in [1.29, 1.82) is 0 Å². The van der Waals surface area contributed by atoms with Crippen LogP contribution in [0.3, 0.4) is 0 Å². The SMILES string of the molecule is NC1(C(=O)NCc2ccc(-c3nc4ccccc4[nH]3)cc2)CCOCC1. The van der Waals surface area contributed by atoms with Crippen molar-refractivity contribution in [2.24, 2.45) is 5.73 Å². The molecule has 0 unspecified atom stereocenters. The van der Waals surface area contributed by atoms with Crippen LogP contribution in [0.2, 0.25) is 0 Å². The van der Waals surface area contributed by atoms with Crippen LogP contribution in [0, 0.1) is 0 Å². The molecule has 0 spiro atoms. The number of fused-ring (bicyclic) bond motifs is 1. The molecular formula is C20H22N4O2. The average molecular weight is 350 g/mol. The first-order chi connectivity index (χ1) is 12.6. The van der Waals surface area contributed by atoms with Gasteiger partial charge in [0.25, 0.3) is 0 Å². The number of hydrogen-bond acceptors (Lipinski definition) is 4. The summed E-state index contributed by atoms with van der Waals surface area (Å²) in [6.07, 6.45) is 1.12. The molecule has 4 rings (SSSR count). The maximum absolute atomic E-state index is 12.4. The lowest BCUT2D eigenvalue weighted by Crippen LogP contribution is -2.56. The number of nitrogens with zero attached hydrogens (tertiary/aromatic N) is 1. The van der Waals surface area contributed by atoms with Crippen LogP contribution < -0.4 is 11.1 Å². The van der Waals surface area contributed by atoms with Gasteiger partial charge >= 0.3 is 0 Å². The molecule has 2 aromatic carbocycles. The second kappa shape index (κ2) is 6.90. The quantitative estimate of drug-likeness (QED) is 0.673. The molecule has 26 heavy (non-hydrogen) atoms. The molecule has 1 aliphatic heterocycles. The number of carbonyl (C=O) groups excluding carboxylic acids is 1. The molecule has 0 atom stereocenters. The Morgan fingerprint density at radius 2 is 1.88 bits per heavy atom. The predicted molar refractivity (Wildman–Crippen MR) is 100 cm³/mol. The van der Waals surface area contributed by atoms with Crippen LogP contribution in [-0.4, -0.2) is 34.6 Å². The second-order valence-electron chi connectivity index (χ2n) is 6.75. The number of para-hydroxylation sites is 2. The summed E-state index contributed by atoms with van der Waals surface area (Å²) in [6.45, 7) is 1.53. The van der Waals surface area contributed by atoms with Gasteiger partial charge in [0.1, 0.15) is 5.82 Å². The number of imidazole rings is 1. The number of benzene rings is 2. The fourth-order valence-electron chi connectivity index (χ4n) is 3.19. The van der Waals surface area contributed by atoms with Crippen molar-refractivity contribution >= 4 is 16.9 Å². The van der Waals surface area contributed by atoms with E-state index in [-0.39, 0.29) is 5.91 Å². The van der Waals surface area contributed by atoms with E-state index < -0.39 is 5.54 Å². The Kier molecular flexibility index (Phi) is 4.44. The van der Waals surface area contributed by atoms with Gasteiger partial charge in [-0.2, -0.15) is 0 Å². The van der Waals surface area contributed by atoms with Gasteiger partial charge in [0.15, 0.2) is 0 Å². The number of amides is 1. The Labute approximate surface area is 151 Å². The van der Waals surface area contributed by atoms with Gasteiger partial charge in [-0.15, -0.1) is 0 Å². The number of hydrogen-bond donors (Lipinski definition) is 3. The molecule has 0 radical (unpaired) electrons. The summed E-state index contributed by atoms with van der Waals surface area (Å²) in [5, 5.41) is 2.95. The van der Waals surface area contributed by atoms with Crippen LogP contribution >= 0.6 is 0 Å². The molecular weight excluding hydrogens is 328 g/mol. The van der Waals surface area contributed by atoms with E-state index in [1.165, 1.54) is 0 Å². The molecule has 3 aromatic rings. The molecule has 1 aliphatic rings. The summed E-state index contributed by atoms with van der Waals surface area (Å²) < 4.78 is 5.29. The third-order valence-electron chi connectivity index (χ3n) is 4.91. The fourth-order valence-corrected chi connectivity index (χ4v) is 3.19. The van der Waals surface area contributed by atoms with Crippen molar-refractivity contribution in [1.82, 2.24) is 15.3 Å². The first-order valence-corrected chi connectivity index (χ1v) is 8.83. The highest BCUT2D eigenvalue weighted by atomic mass is 16.5. The molecule has 134 valence electrons. The van der Waals surface area contributed by atoms with E-state index in [2.05, 4.69) is 15.3 Å². The van der Waals surface area contributed by atoms with E-state index in [0.717, 1.165) is 28.0 Å². The molecule has 4 N–H and O–H groups in total. The van der Waals surface area contributed by atoms with Crippen molar-refractivity contribution in [3.8, 4) is 11.4 Å². The number of carbonyl (C=O) groups is 1. The zero-order valence-corrected chi connectivity index (χ0v) is 14.5. The molecule has 1 aromatic heterocycles. The highest BCUT2D eigenvalue weighted by molar-refractivity contribution is 5.86. The highest BCUT2D eigenvalue weighted by Crippen LogP contribution is 2.21. The van der Waals surface area contributed by atoms with Crippen LogP contribution in [-0.2, 0) is 16.1 Å². The molecule has 1 saturated heterocycles. The first-order valence-electron chi connectivity index (χ1n) is 8.83. The van der Waals surface area contributed by atoms with Crippen molar-refractivity contribution in [3.63, 3.8) is 0 Å². The lowest BCUT2D eigenvalue weighted by Gasteiger charge is -2.31. The van der Waals surface area contributed by atoms with Crippen molar-refractivity contribution < 1.29 is 9.53 Å². The Morgan fingerprint density at radius 3 is 2.62 bits per heavy atom. The number of aromatic amines is 1. The molecule has 1 fully saturated rings. The number of nitrogens with two attached hydrogens (primary N) is 1. The number of nitrogens with one attached hydrogen (secondary N) is 2. The molecule has 6 nitrogen and oxygen atoms in total. The summed E-state index contributed by atoms with van der Waals surface area (Å²) in [5.74, 6) is 0.729. The van der Waals surface area contributed by atoms with Crippen LogP contribution in [0.25, 0.3) is 22.4 Å². The predicted octanol–water partition coefficient (Wildman–Crippen LogP) is 2.35. The van der Waals surface area contributed by atoms with E-state index in [0.29, 0.717) is 32.6 Å². The van der Waals surface area contributed by atoms with Gasteiger partial charge in [-0.05, 0) is 30.5 Å². The maximum atomic E-state index is 12.4. The molecule has 0 saturated carbocycles. The minimum atomic E-state index is -0.813. The number of rotatable bonds is 4. The van der Waals surface area contributed by atoms with Crippen LogP contribution in [0.1, 0.15) is 18.4 Å². The van der Waals surface area contributed by atoms with Crippen molar-refractivity contribution in [2.75, 3.05) is 13.2 Å². The molecule has 0 aliphatic carbocycles. The maximum Gasteiger partial charge on any atom is 0.240 e. The van der Waals surface area contributed by atoms with E-state index in [9.17, 15) is 4.79 Å². The smallest absolute Gasteiger partial charge is 0.240 e. The number of H-pyrrole nitrogens is 1. The summed E-state index contributed by atoms with van der Waals surface area (Å²) >= 11 is 0. The number of aromatic nitrogens is 2. The first kappa shape index (κ1) is 16.8. The van der Waals surface area contributed by atoms with Crippen molar-refractivity contribution in [3.05, 3.63) is 54.1 Å². The lowest BCUT2D eigenvalue weighted by molar-refractivity contribution is -0.129. The Bertz CT molecular complexity index is 878. The highest BCUT2D eigenvalue weighted by Gasteiger charge is 2.35. The summed E-state index contributed by atoms with van der Waals surface area (Å²) in [5.41, 5.74) is 9.38. The van der Waals surface area contributed by atoms with Gasteiger partial charge in [-0.3, -0.25) is 4.79 Å². The van der Waals surface area contributed by atoms with E-state index in [4.69, 9.17) is 10.5 Å². The monoisotopic (exact) mass is 350 g/mol. The minimum Gasteiger partial charge on any atom is -0.381 e. The molecule has 2 heterocycles. The van der Waals surface area contributed by atoms with Gasteiger partial charge in [0.2, 0.25) is 5.91 Å². The fraction of sp³-hybridized carbons (Fsp3) is 0.300. The topological polar surface area (TPSA) is 93.0 Å². The van der Waals surface area contributed by atoms with Gasteiger partial charge in [0, 0.05) is 25.3 Å².